The standard InChI is InChI=1S/C24H27FN4O2S/c1-2-7-27-23(30)21-11-17(13-32-21)14-3-4-15(20(25)10-14)8-19(12-26)29-24(31)22-16-5-6-18(9-16)28-22/h3-4,10-11,13,16,18-19,22,28H,2,5-9H2,1H3,(H,27,30)(H,29,31)/t16-,18+,19-,22-/m0/s1. The molecule has 168 valence electrons. The van der Waals surface area contributed by atoms with Crippen molar-refractivity contribution in [2.45, 2.75) is 57.2 Å². The topological polar surface area (TPSA) is 94.0 Å². The molecule has 2 bridgehead atoms. The highest BCUT2D eigenvalue weighted by Crippen LogP contribution is 2.35. The van der Waals surface area contributed by atoms with Gasteiger partial charge in [-0.2, -0.15) is 5.26 Å². The number of rotatable bonds is 8. The minimum absolute atomic E-state index is 0.101. The van der Waals surface area contributed by atoms with E-state index in [0.29, 0.717) is 34.5 Å². The van der Waals surface area contributed by atoms with E-state index < -0.39 is 11.9 Å². The average Bonchev–Trinajstić information content (AvgIpc) is 3.55. The van der Waals surface area contributed by atoms with Crippen LogP contribution < -0.4 is 16.0 Å². The van der Waals surface area contributed by atoms with Gasteiger partial charge in [0.15, 0.2) is 0 Å². The number of thiophene rings is 1. The van der Waals surface area contributed by atoms with Crippen molar-refractivity contribution in [1.29, 1.82) is 5.26 Å². The molecule has 1 aliphatic heterocycles. The van der Waals surface area contributed by atoms with Gasteiger partial charge in [-0.25, -0.2) is 4.39 Å². The fourth-order valence-corrected chi connectivity index (χ4v) is 5.42. The largest absolute Gasteiger partial charge is 0.351 e. The maximum atomic E-state index is 14.8. The molecule has 6 nitrogen and oxygen atoms in total. The average molecular weight is 455 g/mol. The number of hydrogen-bond acceptors (Lipinski definition) is 5. The zero-order chi connectivity index (χ0) is 22.7. The first kappa shape index (κ1) is 22.4. The van der Waals surface area contributed by atoms with Crippen LogP contribution in [0.1, 0.15) is 47.8 Å². The summed E-state index contributed by atoms with van der Waals surface area (Å²) in [6.07, 6.45) is 4.11. The molecule has 2 fully saturated rings. The van der Waals surface area contributed by atoms with Crippen LogP contribution >= 0.6 is 11.3 Å². The van der Waals surface area contributed by atoms with Crippen molar-refractivity contribution >= 4 is 23.2 Å². The number of nitrogens with one attached hydrogen (secondary N) is 3. The highest BCUT2D eigenvalue weighted by atomic mass is 32.1. The van der Waals surface area contributed by atoms with E-state index >= 15 is 0 Å². The van der Waals surface area contributed by atoms with E-state index in [2.05, 4.69) is 22.0 Å². The minimum atomic E-state index is -0.793. The summed E-state index contributed by atoms with van der Waals surface area (Å²) in [4.78, 5) is 25.3. The first-order valence-electron chi connectivity index (χ1n) is 11.1. The minimum Gasteiger partial charge on any atom is -0.351 e. The van der Waals surface area contributed by atoms with Gasteiger partial charge in [-0.15, -0.1) is 11.3 Å². The molecule has 3 N–H and O–H groups in total. The van der Waals surface area contributed by atoms with Gasteiger partial charge in [-0.3, -0.25) is 9.59 Å². The van der Waals surface area contributed by atoms with Crippen LogP contribution in [0.25, 0.3) is 11.1 Å². The fourth-order valence-electron chi connectivity index (χ4n) is 4.59. The molecule has 4 atom stereocenters. The Morgan fingerprint density at radius 3 is 2.81 bits per heavy atom. The third-order valence-electron chi connectivity index (χ3n) is 6.28. The Kier molecular flexibility index (Phi) is 6.87. The lowest BCUT2D eigenvalue weighted by atomic mass is 9.98. The van der Waals surface area contributed by atoms with E-state index in [1.807, 2.05) is 12.3 Å². The Balaban J connectivity index is 1.39. The molecule has 1 saturated heterocycles. The number of piperidine rings is 1. The van der Waals surface area contributed by atoms with Crippen LogP contribution in [-0.2, 0) is 11.2 Å². The number of benzene rings is 1. The second kappa shape index (κ2) is 9.80. The first-order chi connectivity index (χ1) is 15.5. The first-order valence-corrected chi connectivity index (χ1v) is 12.0. The predicted molar refractivity (Wildman–Crippen MR) is 122 cm³/mol. The van der Waals surface area contributed by atoms with Gasteiger partial charge in [-0.1, -0.05) is 19.1 Å². The van der Waals surface area contributed by atoms with Crippen LogP contribution in [0.4, 0.5) is 4.39 Å². The van der Waals surface area contributed by atoms with Gasteiger partial charge >= 0.3 is 0 Å². The number of fused-ring (bicyclic) bond motifs is 2. The highest BCUT2D eigenvalue weighted by Gasteiger charge is 2.43. The van der Waals surface area contributed by atoms with E-state index in [1.54, 1.807) is 18.2 Å². The quantitative estimate of drug-likeness (QED) is 0.570. The van der Waals surface area contributed by atoms with Gasteiger partial charge in [0.1, 0.15) is 11.9 Å². The molecule has 32 heavy (non-hydrogen) atoms. The number of nitriles is 1. The van der Waals surface area contributed by atoms with Crippen LogP contribution in [-0.4, -0.2) is 36.5 Å². The van der Waals surface area contributed by atoms with E-state index in [1.165, 1.54) is 17.4 Å². The summed E-state index contributed by atoms with van der Waals surface area (Å²) < 4.78 is 14.8. The second-order valence-corrected chi connectivity index (χ2v) is 9.48. The van der Waals surface area contributed by atoms with Crippen LogP contribution in [0, 0.1) is 23.1 Å². The number of nitrogens with zero attached hydrogens (tertiary/aromatic N) is 1. The fraction of sp³-hybridized carbons (Fsp3) is 0.458. The lowest BCUT2D eigenvalue weighted by molar-refractivity contribution is -0.124. The van der Waals surface area contributed by atoms with Crippen molar-refractivity contribution in [2.24, 2.45) is 5.92 Å². The molecule has 0 unspecified atom stereocenters. The molecule has 1 aromatic heterocycles. The maximum absolute atomic E-state index is 14.8. The van der Waals surface area contributed by atoms with Gasteiger partial charge in [0, 0.05) is 19.0 Å². The third-order valence-corrected chi connectivity index (χ3v) is 7.21. The van der Waals surface area contributed by atoms with Crippen LogP contribution in [0.15, 0.2) is 29.6 Å². The normalized spacial score (nSPS) is 22.3. The van der Waals surface area contributed by atoms with Crippen LogP contribution in [0.2, 0.25) is 0 Å². The molecular formula is C24H27FN4O2S. The molecule has 2 amide bonds. The van der Waals surface area contributed by atoms with Gasteiger partial charge < -0.3 is 16.0 Å². The SMILES string of the molecule is CCCNC(=O)c1cc(-c2ccc(C[C@@H](C#N)NC(=O)[C@H]3N[C@@H]4CC[C@H]3C4)c(F)c2)cs1. The molecule has 0 radical (unpaired) electrons. The van der Waals surface area contributed by atoms with Crippen LogP contribution in [0.3, 0.4) is 0 Å². The Morgan fingerprint density at radius 2 is 2.16 bits per heavy atom. The number of amides is 2. The van der Waals surface area contributed by atoms with Crippen molar-refractivity contribution in [3.05, 3.63) is 45.9 Å². The maximum Gasteiger partial charge on any atom is 0.261 e. The van der Waals surface area contributed by atoms with Gasteiger partial charge in [0.05, 0.1) is 17.0 Å². The Bertz CT molecular complexity index is 1050. The zero-order valence-corrected chi connectivity index (χ0v) is 18.8. The number of carbonyl (C=O) groups excluding carboxylic acids is 2. The lowest BCUT2D eigenvalue weighted by Gasteiger charge is -2.23. The zero-order valence-electron chi connectivity index (χ0n) is 18.0. The Morgan fingerprint density at radius 1 is 1.31 bits per heavy atom. The predicted octanol–water partition coefficient (Wildman–Crippen LogP) is 3.39. The number of carbonyl (C=O) groups is 2. The van der Waals surface area contributed by atoms with E-state index in [-0.39, 0.29) is 24.3 Å². The number of halogens is 1. The summed E-state index contributed by atoms with van der Waals surface area (Å²) in [6.45, 7) is 2.60. The van der Waals surface area contributed by atoms with Crippen molar-refractivity contribution in [3.63, 3.8) is 0 Å². The summed E-state index contributed by atoms with van der Waals surface area (Å²) in [7, 11) is 0. The van der Waals surface area contributed by atoms with Gasteiger partial charge in [0.2, 0.25) is 5.91 Å². The molecule has 8 heteroatoms. The van der Waals surface area contributed by atoms with Crippen molar-refractivity contribution in [1.82, 2.24) is 16.0 Å². The molecule has 1 aliphatic carbocycles. The van der Waals surface area contributed by atoms with E-state index in [9.17, 15) is 19.2 Å². The van der Waals surface area contributed by atoms with E-state index in [0.717, 1.165) is 31.2 Å². The Hall–Kier alpha value is -2.76. The summed E-state index contributed by atoms with van der Waals surface area (Å²) in [6, 6.07) is 8.04. The monoisotopic (exact) mass is 454 g/mol. The Labute approximate surface area is 191 Å². The van der Waals surface area contributed by atoms with Crippen LogP contribution in [0.5, 0.6) is 0 Å². The van der Waals surface area contributed by atoms with Gasteiger partial charge in [-0.05, 0) is 65.8 Å². The van der Waals surface area contributed by atoms with Crippen molar-refractivity contribution < 1.29 is 14.0 Å². The molecule has 2 heterocycles. The van der Waals surface area contributed by atoms with Crippen molar-refractivity contribution in [3.8, 4) is 17.2 Å². The molecule has 1 saturated carbocycles. The highest BCUT2D eigenvalue weighted by molar-refractivity contribution is 7.12. The van der Waals surface area contributed by atoms with E-state index in [4.69, 9.17) is 0 Å². The second-order valence-electron chi connectivity index (χ2n) is 8.57. The molecule has 1 aromatic carbocycles. The molecular weight excluding hydrogens is 427 g/mol. The molecule has 4 rings (SSSR count). The molecule has 2 aromatic rings. The lowest BCUT2D eigenvalue weighted by Crippen LogP contribution is -2.50. The molecule has 0 spiro atoms. The summed E-state index contributed by atoms with van der Waals surface area (Å²) in [5.74, 6) is -0.404. The summed E-state index contributed by atoms with van der Waals surface area (Å²) in [5.41, 5.74) is 1.81. The summed E-state index contributed by atoms with van der Waals surface area (Å²) in [5, 5.41) is 20.3. The van der Waals surface area contributed by atoms with Gasteiger partial charge in [0.25, 0.3) is 5.91 Å². The van der Waals surface area contributed by atoms with Crippen molar-refractivity contribution in [2.75, 3.05) is 6.54 Å². The smallest absolute Gasteiger partial charge is 0.261 e. The third kappa shape index (κ3) is 4.84. The number of hydrogen-bond donors (Lipinski definition) is 3. The molecule has 2 aliphatic rings. The summed E-state index contributed by atoms with van der Waals surface area (Å²) >= 11 is 1.32.